The van der Waals surface area contributed by atoms with Crippen molar-refractivity contribution in [3.05, 3.63) is 24.3 Å². The van der Waals surface area contributed by atoms with Crippen LogP contribution in [0.15, 0.2) is 24.3 Å². The molecule has 338 valence electrons. The van der Waals surface area contributed by atoms with Crippen LogP contribution < -0.4 is 0 Å². The molecule has 0 aliphatic carbocycles. The smallest absolute Gasteiger partial charge is 0.305 e. The number of esters is 1. The van der Waals surface area contributed by atoms with E-state index in [0.717, 1.165) is 71.4 Å². The maximum absolute atomic E-state index is 12.1. The van der Waals surface area contributed by atoms with E-state index in [4.69, 9.17) is 4.74 Å². The molecule has 0 aliphatic rings. The van der Waals surface area contributed by atoms with E-state index in [1.807, 2.05) is 0 Å². The lowest BCUT2D eigenvalue weighted by molar-refractivity contribution is -0.143. The van der Waals surface area contributed by atoms with Crippen molar-refractivity contribution in [1.82, 2.24) is 9.80 Å². The molecule has 0 aromatic heterocycles. The van der Waals surface area contributed by atoms with Gasteiger partial charge in [-0.05, 0) is 96.8 Å². The Kier molecular flexibility index (Phi) is 48.1. The minimum Gasteiger partial charge on any atom is -0.466 e. The van der Waals surface area contributed by atoms with E-state index in [1.165, 1.54) is 186 Å². The fourth-order valence-corrected chi connectivity index (χ4v) is 7.81. The Balaban J connectivity index is 3.54. The third-order valence-electron chi connectivity index (χ3n) is 11.6. The Morgan fingerprint density at radius 3 is 1.16 bits per heavy atom. The minimum absolute atomic E-state index is 0.0128. The van der Waals surface area contributed by atoms with Gasteiger partial charge >= 0.3 is 5.97 Å². The van der Waals surface area contributed by atoms with Crippen molar-refractivity contribution in [2.45, 2.75) is 239 Å². The normalized spacial score (nSPS) is 12.0. The van der Waals surface area contributed by atoms with Crippen LogP contribution in [0.5, 0.6) is 0 Å². The minimum atomic E-state index is -0.0128. The molecule has 0 heterocycles. The van der Waals surface area contributed by atoms with E-state index in [-0.39, 0.29) is 19.2 Å². The molecule has 57 heavy (non-hydrogen) atoms. The van der Waals surface area contributed by atoms with Crippen LogP contribution >= 0.6 is 0 Å². The molecule has 0 aromatic carbocycles. The molecule has 0 aliphatic heterocycles. The first-order valence-electron chi connectivity index (χ1n) is 25.3. The number of rotatable bonds is 48. The summed E-state index contributed by atoms with van der Waals surface area (Å²) in [5.74, 6) is -0.0128. The Labute approximate surface area is 356 Å². The average Bonchev–Trinajstić information content (AvgIpc) is 3.21. The highest BCUT2D eigenvalue weighted by molar-refractivity contribution is 5.69. The van der Waals surface area contributed by atoms with Crippen LogP contribution in [0.3, 0.4) is 0 Å². The van der Waals surface area contributed by atoms with Gasteiger partial charge in [0, 0.05) is 19.5 Å². The first kappa shape index (κ1) is 55.8. The predicted octanol–water partition coefficient (Wildman–Crippen LogP) is 13.9. The molecule has 0 saturated carbocycles. The van der Waals surface area contributed by atoms with Gasteiger partial charge in [0.1, 0.15) is 0 Å². The van der Waals surface area contributed by atoms with Crippen LogP contribution in [0.25, 0.3) is 0 Å². The quantitative estimate of drug-likeness (QED) is 0.0363. The maximum Gasteiger partial charge on any atom is 0.305 e. The molecular weight excluding hydrogens is 705 g/mol. The summed E-state index contributed by atoms with van der Waals surface area (Å²) < 4.78 is 5.50. The van der Waals surface area contributed by atoms with Gasteiger partial charge in [0.25, 0.3) is 0 Å². The third-order valence-corrected chi connectivity index (χ3v) is 11.6. The topological polar surface area (TPSA) is 73.2 Å². The molecule has 6 nitrogen and oxygen atoms in total. The molecule has 0 atom stereocenters. The summed E-state index contributed by atoms with van der Waals surface area (Å²) in [6.07, 6.45) is 52.9. The van der Waals surface area contributed by atoms with Crippen molar-refractivity contribution in [2.24, 2.45) is 0 Å². The van der Waals surface area contributed by atoms with E-state index in [2.05, 4.69) is 48.0 Å². The van der Waals surface area contributed by atoms with Gasteiger partial charge in [-0.25, -0.2) is 0 Å². The fourth-order valence-electron chi connectivity index (χ4n) is 7.81. The molecular formula is C51H100N2O4. The summed E-state index contributed by atoms with van der Waals surface area (Å²) in [6, 6.07) is 0. The number of carbonyl (C=O) groups is 1. The molecule has 0 bridgehead atoms. The maximum atomic E-state index is 12.1. The molecule has 6 heteroatoms. The second-order valence-corrected chi connectivity index (χ2v) is 17.1. The Morgan fingerprint density at radius 2 is 0.737 bits per heavy atom. The lowest BCUT2D eigenvalue weighted by Crippen LogP contribution is -2.29. The summed E-state index contributed by atoms with van der Waals surface area (Å²) in [5, 5.41) is 19.0. The fraction of sp³-hybridized carbons (Fsp3) is 0.902. The Hall–Kier alpha value is -1.21. The van der Waals surface area contributed by atoms with Crippen molar-refractivity contribution in [3.8, 4) is 0 Å². The van der Waals surface area contributed by atoms with Gasteiger partial charge in [-0.15, -0.1) is 0 Å². The van der Waals surface area contributed by atoms with Crippen LogP contribution in [0.4, 0.5) is 0 Å². The predicted molar refractivity (Wildman–Crippen MR) is 249 cm³/mol. The number of hydrogen-bond donors (Lipinski definition) is 2. The summed E-state index contributed by atoms with van der Waals surface area (Å²) >= 11 is 0. The number of nitrogens with zero attached hydrogens (tertiary/aromatic N) is 2. The van der Waals surface area contributed by atoms with E-state index in [0.29, 0.717) is 13.0 Å². The summed E-state index contributed by atoms with van der Waals surface area (Å²) in [5.41, 5.74) is 0. The number of carbonyl (C=O) groups excluding carboxylic acids is 1. The standard InChI is InChI=1S/C51H100N2O4/c1-3-5-7-9-11-12-13-14-15-16-17-18-19-25-31-37-43-53(47-49-55)44-38-32-26-20-21-28-34-40-50-57-51(56)41-35-29-23-22-27-33-39-45-52(46-48-54)42-36-30-24-10-8-6-4-2/h11-12,14-15,54-55H,3-10,13,16-50H2,1-2H3/b12-11-,15-14-. The molecule has 0 amide bonds. The van der Waals surface area contributed by atoms with Gasteiger partial charge in [0.2, 0.25) is 0 Å². The van der Waals surface area contributed by atoms with Crippen molar-refractivity contribution >= 4 is 5.97 Å². The number of hydrogen-bond acceptors (Lipinski definition) is 6. The number of ether oxygens (including phenoxy) is 1. The second-order valence-electron chi connectivity index (χ2n) is 17.1. The first-order chi connectivity index (χ1) is 28.2. The Morgan fingerprint density at radius 1 is 0.404 bits per heavy atom. The van der Waals surface area contributed by atoms with Crippen LogP contribution in [-0.4, -0.2) is 85.1 Å². The van der Waals surface area contributed by atoms with Gasteiger partial charge in [-0.3, -0.25) is 4.79 Å². The van der Waals surface area contributed by atoms with Gasteiger partial charge in [0.05, 0.1) is 19.8 Å². The highest BCUT2D eigenvalue weighted by Gasteiger charge is 2.06. The van der Waals surface area contributed by atoms with Crippen LogP contribution in [0, 0.1) is 0 Å². The molecule has 0 unspecified atom stereocenters. The zero-order chi connectivity index (χ0) is 41.4. The highest BCUT2D eigenvalue weighted by atomic mass is 16.5. The highest BCUT2D eigenvalue weighted by Crippen LogP contribution is 2.14. The van der Waals surface area contributed by atoms with Crippen LogP contribution in [-0.2, 0) is 9.53 Å². The monoisotopic (exact) mass is 805 g/mol. The molecule has 0 saturated heterocycles. The van der Waals surface area contributed by atoms with E-state index >= 15 is 0 Å². The third kappa shape index (κ3) is 45.7. The van der Waals surface area contributed by atoms with Crippen molar-refractivity contribution in [3.63, 3.8) is 0 Å². The molecule has 0 spiro atoms. The van der Waals surface area contributed by atoms with Crippen molar-refractivity contribution in [2.75, 3.05) is 59.1 Å². The number of aliphatic hydroxyl groups is 2. The summed E-state index contributed by atoms with van der Waals surface area (Å²) in [4.78, 5) is 17.1. The summed E-state index contributed by atoms with van der Waals surface area (Å²) in [7, 11) is 0. The second kappa shape index (κ2) is 49.2. The largest absolute Gasteiger partial charge is 0.466 e. The molecule has 0 rings (SSSR count). The van der Waals surface area contributed by atoms with E-state index < -0.39 is 0 Å². The lowest BCUT2D eigenvalue weighted by atomic mass is 10.1. The van der Waals surface area contributed by atoms with Gasteiger partial charge < -0.3 is 24.7 Å². The van der Waals surface area contributed by atoms with Gasteiger partial charge in [-0.2, -0.15) is 0 Å². The van der Waals surface area contributed by atoms with Crippen molar-refractivity contribution < 1.29 is 19.7 Å². The molecule has 0 radical (unpaired) electrons. The van der Waals surface area contributed by atoms with E-state index in [1.54, 1.807) is 0 Å². The number of unbranched alkanes of at least 4 members (excludes halogenated alkanes) is 28. The SMILES string of the molecule is CCCCC/C=C\C/C=C\CCCCCCCCN(CCO)CCCCCCCCCCOC(=O)CCCCCCCCCN(CCO)CCCCCCCCC. The first-order valence-corrected chi connectivity index (χ1v) is 25.3. The van der Waals surface area contributed by atoms with Gasteiger partial charge in [0.15, 0.2) is 0 Å². The van der Waals surface area contributed by atoms with Crippen molar-refractivity contribution in [1.29, 1.82) is 0 Å². The molecule has 2 N–H and O–H groups in total. The lowest BCUT2D eigenvalue weighted by Gasteiger charge is -2.21. The number of allylic oxidation sites excluding steroid dienone is 4. The zero-order valence-electron chi connectivity index (χ0n) is 38.5. The number of aliphatic hydroxyl groups excluding tert-OH is 2. The molecule has 0 fully saturated rings. The molecule has 0 aromatic rings. The van der Waals surface area contributed by atoms with Crippen LogP contribution in [0.2, 0.25) is 0 Å². The Bertz CT molecular complexity index is 834. The summed E-state index contributed by atoms with van der Waals surface area (Å²) in [6.45, 7) is 11.8. The van der Waals surface area contributed by atoms with E-state index in [9.17, 15) is 15.0 Å². The zero-order valence-corrected chi connectivity index (χ0v) is 38.5. The van der Waals surface area contributed by atoms with Crippen LogP contribution in [0.1, 0.15) is 239 Å². The average molecular weight is 805 g/mol. The van der Waals surface area contributed by atoms with Gasteiger partial charge in [-0.1, -0.05) is 186 Å².